The number of para-hydroxylation sites is 2. The van der Waals surface area contributed by atoms with Gasteiger partial charge < -0.3 is 19.7 Å². The molecule has 1 saturated heterocycles. The van der Waals surface area contributed by atoms with E-state index >= 15 is 0 Å². The molecular formula is C21H22N4O3. The number of fused-ring (bicyclic) bond motifs is 1. The Kier molecular flexibility index (Phi) is 5.29. The van der Waals surface area contributed by atoms with E-state index in [0.29, 0.717) is 29.5 Å². The predicted molar refractivity (Wildman–Crippen MR) is 103 cm³/mol. The van der Waals surface area contributed by atoms with Crippen LogP contribution in [0, 0.1) is 17.2 Å². The van der Waals surface area contributed by atoms with E-state index in [1.54, 1.807) is 24.4 Å². The standard InChI is InChI=1S/C21H22N4O3/c22-12-16-4-3-9-23-20(16)25-10-7-15(8-11-25)13-24-21(26)19-14-27-17-5-1-2-6-18(17)28-19/h1-6,9,15,19H,7-8,10-11,13-14H2,(H,24,26). The Hall–Kier alpha value is -3.27. The number of pyridine rings is 1. The molecule has 0 bridgehead atoms. The highest BCUT2D eigenvalue weighted by Crippen LogP contribution is 2.31. The molecule has 2 aliphatic heterocycles. The Labute approximate surface area is 163 Å². The number of piperidine rings is 1. The molecule has 1 atom stereocenters. The summed E-state index contributed by atoms with van der Waals surface area (Å²) in [6, 6.07) is 13.1. The highest BCUT2D eigenvalue weighted by molar-refractivity contribution is 5.81. The van der Waals surface area contributed by atoms with Crippen molar-refractivity contribution in [2.75, 3.05) is 31.1 Å². The number of benzene rings is 1. The van der Waals surface area contributed by atoms with Crippen LogP contribution in [0.3, 0.4) is 0 Å². The van der Waals surface area contributed by atoms with E-state index in [0.717, 1.165) is 31.7 Å². The van der Waals surface area contributed by atoms with Crippen LogP contribution in [0.25, 0.3) is 0 Å². The van der Waals surface area contributed by atoms with Crippen LogP contribution in [-0.2, 0) is 4.79 Å². The van der Waals surface area contributed by atoms with Gasteiger partial charge in [-0.05, 0) is 43.0 Å². The average Bonchev–Trinajstić information content (AvgIpc) is 2.77. The smallest absolute Gasteiger partial charge is 0.264 e. The SMILES string of the molecule is N#Cc1cccnc1N1CCC(CNC(=O)C2COc3ccccc3O2)CC1. The Morgan fingerprint density at radius 1 is 1.21 bits per heavy atom. The third-order valence-corrected chi connectivity index (χ3v) is 5.19. The first-order valence-electron chi connectivity index (χ1n) is 9.51. The lowest BCUT2D eigenvalue weighted by Gasteiger charge is -2.33. The molecule has 144 valence electrons. The van der Waals surface area contributed by atoms with Crippen molar-refractivity contribution in [2.24, 2.45) is 5.92 Å². The second-order valence-electron chi connectivity index (χ2n) is 7.03. The highest BCUT2D eigenvalue weighted by atomic mass is 16.6. The Balaban J connectivity index is 1.26. The minimum atomic E-state index is -0.623. The molecule has 1 fully saturated rings. The summed E-state index contributed by atoms with van der Waals surface area (Å²) in [5.41, 5.74) is 0.601. The van der Waals surface area contributed by atoms with Gasteiger partial charge in [-0.3, -0.25) is 4.79 Å². The summed E-state index contributed by atoms with van der Waals surface area (Å²) in [4.78, 5) is 18.9. The second-order valence-corrected chi connectivity index (χ2v) is 7.03. The van der Waals surface area contributed by atoms with Crippen LogP contribution in [-0.4, -0.2) is 43.2 Å². The van der Waals surface area contributed by atoms with E-state index in [2.05, 4.69) is 21.3 Å². The molecular weight excluding hydrogens is 356 g/mol. The van der Waals surface area contributed by atoms with Gasteiger partial charge in [0.05, 0.1) is 5.56 Å². The van der Waals surface area contributed by atoms with Crippen molar-refractivity contribution in [1.82, 2.24) is 10.3 Å². The summed E-state index contributed by atoms with van der Waals surface area (Å²) in [6.45, 7) is 2.48. The zero-order valence-corrected chi connectivity index (χ0v) is 15.5. The van der Waals surface area contributed by atoms with Crippen LogP contribution in [0.15, 0.2) is 42.6 Å². The number of carbonyl (C=O) groups excluding carboxylic acids is 1. The summed E-state index contributed by atoms with van der Waals surface area (Å²) >= 11 is 0. The Morgan fingerprint density at radius 3 is 2.79 bits per heavy atom. The number of carbonyl (C=O) groups is 1. The third kappa shape index (κ3) is 3.86. The molecule has 1 aromatic carbocycles. The van der Waals surface area contributed by atoms with Crippen LogP contribution in [0.2, 0.25) is 0 Å². The fraction of sp³-hybridized carbons (Fsp3) is 0.381. The topological polar surface area (TPSA) is 87.5 Å². The van der Waals surface area contributed by atoms with E-state index in [1.165, 1.54) is 0 Å². The predicted octanol–water partition coefficient (Wildman–Crippen LogP) is 2.13. The zero-order chi connectivity index (χ0) is 19.3. The summed E-state index contributed by atoms with van der Waals surface area (Å²) in [5.74, 6) is 2.27. The first-order valence-corrected chi connectivity index (χ1v) is 9.51. The largest absolute Gasteiger partial charge is 0.485 e. The monoisotopic (exact) mass is 378 g/mol. The molecule has 0 radical (unpaired) electrons. The molecule has 1 aromatic heterocycles. The maximum Gasteiger partial charge on any atom is 0.264 e. The number of hydrogen-bond acceptors (Lipinski definition) is 6. The maximum absolute atomic E-state index is 12.4. The van der Waals surface area contributed by atoms with Gasteiger partial charge >= 0.3 is 0 Å². The maximum atomic E-state index is 12.4. The van der Waals surface area contributed by atoms with Crippen molar-refractivity contribution in [3.05, 3.63) is 48.2 Å². The number of amides is 1. The molecule has 2 aromatic rings. The van der Waals surface area contributed by atoms with Crippen LogP contribution in [0.5, 0.6) is 11.5 Å². The van der Waals surface area contributed by atoms with Crippen LogP contribution < -0.4 is 19.7 Å². The number of aromatic nitrogens is 1. The summed E-state index contributed by atoms with van der Waals surface area (Å²) < 4.78 is 11.4. The number of nitrogens with zero attached hydrogens (tertiary/aromatic N) is 3. The minimum absolute atomic E-state index is 0.145. The summed E-state index contributed by atoms with van der Waals surface area (Å²) in [5, 5.41) is 12.2. The van der Waals surface area contributed by atoms with Crippen molar-refractivity contribution < 1.29 is 14.3 Å². The summed E-state index contributed by atoms with van der Waals surface area (Å²) in [6.07, 6.45) is 2.97. The number of nitriles is 1. The van der Waals surface area contributed by atoms with Gasteiger partial charge in [0, 0.05) is 25.8 Å². The zero-order valence-electron chi connectivity index (χ0n) is 15.5. The quantitative estimate of drug-likeness (QED) is 0.877. The van der Waals surface area contributed by atoms with E-state index in [4.69, 9.17) is 9.47 Å². The van der Waals surface area contributed by atoms with Crippen molar-refractivity contribution in [3.8, 4) is 17.6 Å². The van der Waals surface area contributed by atoms with Crippen LogP contribution in [0.1, 0.15) is 18.4 Å². The van der Waals surface area contributed by atoms with Gasteiger partial charge in [0.15, 0.2) is 11.5 Å². The van der Waals surface area contributed by atoms with Crippen LogP contribution in [0.4, 0.5) is 5.82 Å². The molecule has 28 heavy (non-hydrogen) atoms. The van der Waals surface area contributed by atoms with Crippen molar-refractivity contribution in [1.29, 1.82) is 5.26 Å². The van der Waals surface area contributed by atoms with E-state index in [1.807, 2.05) is 18.2 Å². The molecule has 0 aliphatic carbocycles. The van der Waals surface area contributed by atoms with Crippen molar-refractivity contribution >= 4 is 11.7 Å². The first-order chi connectivity index (χ1) is 13.7. The van der Waals surface area contributed by atoms with Gasteiger partial charge in [-0.2, -0.15) is 5.26 Å². The first kappa shape index (κ1) is 18.1. The number of hydrogen-bond donors (Lipinski definition) is 1. The number of rotatable bonds is 4. The summed E-state index contributed by atoms with van der Waals surface area (Å²) in [7, 11) is 0. The fourth-order valence-electron chi connectivity index (χ4n) is 3.59. The molecule has 7 heteroatoms. The van der Waals surface area contributed by atoms with Gasteiger partial charge in [0.25, 0.3) is 5.91 Å². The number of anilines is 1. The molecule has 1 N–H and O–H groups in total. The van der Waals surface area contributed by atoms with Gasteiger partial charge in [-0.25, -0.2) is 4.98 Å². The van der Waals surface area contributed by atoms with E-state index < -0.39 is 6.10 Å². The molecule has 2 aliphatic rings. The molecule has 3 heterocycles. The highest BCUT2D eigenvalue weighted by Gasteiger charge is 2.28. The third-order valence-electron chi connectivity index (χ3n) is 5.19. The number of nitrogens with one attached hydrogen (secondary N) is 1. The number of ether oxygens (including phenoxy) is 2. The lowest BCUT2D eigenvalue weighted by molar-refractivity contribution is -0.130. The van der Waals surface area contributed by atoms with Gasteiger partial charge in [-0.15, -0.1) is 0 Å². The van der Waals surface area contributed by atoms with Crippen molar-refractivity contribution in [2.45, 2.75) is 18.9 Å². The van der Waals surface area contributed by atoms with E-state index in [9.17, 15) is 10.1 Å². The molecule has 1 unspecified atom stereocenters. The van der Waals surface area contributed by atoms with Gasteiger partial charge in [0.2, 0.25) is 6.10 Å². The van der Waals surface area contributed by atoms with Gasteiger partial charge in [0.1, 0.15) is 18.5 Å². The normalized spacial score (nSPS) is 19.0. The van der Waals surface area contributed by atoms with Crippen molar-refractivity contribution in [3.63, 3.8) is 0 Å². The molecule has 7 nitrogen and oxygen atoms in total. The minimum Gasteiger partial charge on any atom is -0.485 e. The average molecular weight is 378 g/mol. The Morgan fingerprint density at radius 2 is 2.00 bits per heavy atom. The second kappa shape index (κ2) is 8.17. The fourth-order valence-corrected chi connectivity index (χ4v) is 3.59. The van der Waals surface area contributed by atoms with Crippen LogP contribution >= 0.6 is 0 Å². The molecule has 4 rings (SSSR count). The molecule has 1 amide bonds. The van der Waals surface area contributed by atoms with E-state index in [-0.39, 0.29) is 12.5 Å². The Bertz CT molecular complexity index is 887. The molecule has 0 saturated carbocycles. The van der Waals surface area contributed by atoms with Gasteiger partial charge in [-0.1, -0.05) is 12.1 Å². The lowest BCUT2D eigenvalue weighted by Crippen LogP contribution is -2.46. The lowest BCUT2D eigenvalue weighted by atomic mass is 9.96. The molecule has 0 spiro atoms.